The van der Waals surface area contributed by atoms with Gasteiger partial charge in [-0.05, 0) is 42.3 Å². The van der Waals surface area contributed by atoms with Crippen LogP contribution in [0, 0.1) is 6.92 Å². The van der Waals surface area contributed by atoms with Gasteiger partial charge in [0.1, 0.15) is 18.4 Å². The molecule has 0 N–H and O–H groups in total. The molecule has 2 aromatic heterocycles. The van der Waals surface area contributed by atoms with E-state index in [-0.39, 0.29) is 24.0 Å². The molecular weight excluding hydrogens is 468 g/mol. The Kier molecular flexibility index (Phi) is 10.0. The molecule has 0 saturated carbocycles. The summed E-state index contributed by atoms with van der Waals surface area (Å²) in [5.74, 6) is -0.498. The van der Waals surface area contributed by atoms with Gasteiger partial charge in [0.05, 0.1) is 14.2 Å². The molecule has 0 spiro atoms. The monoisotopic (exact) mass is 500 g/mol. The zero-order valence-electron chi connectivity index (χ0n) is 21.3. The molecule has 4 aromatic rings. The molecule has 0 bridgehead atoms. The number of benzene rings is 2. The van der Waals surface area contributed by atoms with Crippen LogP contribution >= 0.6 is 0 Å². The lowest BCUT2D eigenvalue weighted by molar-refractivity contribution is -0.145. The second kappa shape index (κ2) is 13.6. The third-order valence-electron chi connectivity index (χ3n) is 6.02. The Labute approximate surface area is 217 Å². The standard InChI is InChI=1S/C15H15NO3.C15H17NO2/c1-19-15(18)14(16-8-2-3-9-16)10-12-4-6-13(11-17)7-5-12;1-12-5-7-13(8-6-12)11-14(15(17)18-2)16-9-3-4-10-16/h2-9,11,14H,10H2,1H3;3-10,14H,11H2,1-2H3/t2*14-/m00/s1. The Morgan fingerprint density at radius 3 is 1.43 bits per heavy atom. The number of carbonyl (C=O) groups is 3. The lowest BCUT2D eigenvalue weighted by atomic mass is 10.0. The first-order valence-corrected chi connectivity index (χ1v) is 12.0. The van der Waals surface area contributed by atoms with Gasteiger partial charge in [0.25, 0.3) is 0 Å². The largest absolute Gasteiger partial charge is 0.467 e. The Morgan fingerprint density at radius 1 is 0.703 bits per heavy atom. The minimum Gasteiger partial charge on any atom is -0.467 e. The number of carbonyl (C=O) groups excluding carboxylic acids is 3. The molecule has 0 aliphatic heterocycles. The Balaban J connectivity index is 0.000000206. The van der Waals surface area contributed by atoms with Gasteiger partial charge < -0.3 is 18.6 Å². The zero-order chi connectivity index (χ0) is 26.6. The third kappa shape index (κ3) is 7.80. The molecule has 2 aromatic carbocycles. The first kappa shape index (κ1) is 27.2. The highest BCUT2D eigenvalue weighted by atomic mass is 16.5. The zero-order valence-corrected chi connectivity index (χ0v) is 21.3. The number of hydrogen-bond donors (Lipinski definition) is 0. The second-order valence-corrected chi connectivity index (χ2v) is 8.59. The highest BCUT2D eigenvalue weighted by Crippen LogP contribution is 2.18. The molecule has 4 rings (SSSR count). The van der Waals surface area contributed by atoms with E-state index in [0.717, 1.165) is 17.4 Å². The molecule has 0 fully saturated rings. The van der Waals surface area contributed by atoms with E-state index in [1.807, 2.05) is 77.2 Å². The van der Waals surface area contributed by atoms with Crippen LogP contribution in [0.4, 0.5) is 0 Å². The van der Waals surface area contributed by atoms with E-state index >= 15 is 0 Å². The van der Waals surface area contributed by atoms with Crippen molar-refractivity contribution in [2.75, 3.05) is 14.2 Å². The summed E-state index contributed by atoms with van der Waals surface area (Å²) in [6.45, 7) is 2.05. The summed E-state index contributed by atoms with van der Waals surface area (Å²) in [6.07, 6.45) is 9.41. The van der Waals surface area contributed by atoms with Crippen molar-refractivity contribution >= 4 is 18.2 Å². The summed E-state index contributed by atoms with van der Waals surface area (Å²) in [5, 5.41) is 0. The number of methoxy groups -OCH3 is 2. The first-order valence-electron chi connectivity index (χ1n) is 12.0. The lowest BCUT2D eigenvalue weighted by Gasteiger charge is -2.16. The van der Waals surface area contributed by atoms with Crippen LogP contribution in [-0.2, 0) is 31.9 Å². The molecule has 0 radical (unpaired) electrons. The van der Waals surface area contributed by atoms with E-state index in [2.05, 4.69) is 24.3 Å². The fraction of sp³-hybridized carbons (Fsp3) is 0.233. The summed E-state index contributed by atoms with van der Waals surface area (Å²) in [4.78, 5) is 34.3. The second-order valence-electron chi connectivity index (χ2n) is 8.59. The molecule has 2 heterocycles. The Morgan fingerprint density at radius 2 is 1.08 bits per heavy atom. The van der Waals surface area contributed by atoms with E-state index in [0.29, 0.717) is 18.4 Å². The van der Waals surface area contributed by atoms with Crippen molar-refractivity contribution in [1.29, 1.82) is 0 Å². The fourth-order valence-corrected chi connectivity index (χ4v) is 3.91. The molecule has 0 aliphatic carbocycles. The average Bonchev–Trinajstić information content (AvgIpc) is 3.66. The maximum Gasteiger partial charge on any atom is 0.329 e. The molecule has 7 heteroatoms. The number of nitrogens with zero attached hydrogens (tertiary/aromatic N) is 2. The van der Waals surface area contributed by atoms with Gasteiger partial charge in [0.2, 0.25) is 0 Å². The minimum absolute atomic E-state index is 0.216. The first-order chi connectivity index (χ1) is 17.9. The van der Waals surface area contributed by atoms with Crippen LogP contribution in [0.15, 0.2) is 97.6 Å². The van der Waals surface area contributed by atoms with Crippen molar-refractivity contribution in [2.45, 2.75) is 31.8 Å². The van der Waals surface area contributed by atoms with Crippen LogP contribution in [0.25, 0.3) is 0 Å². The van der Waals surface area contributed by atoms with Gasteiger partial charge in [0.15, 0.2) is 0 Å². The number of ether oxygens (including phenoxy) is 2. The van der Waals surface area contributed by atoms with Crippen LogP contribution in [0.3, 0.4) is 0 Å². The topological polar surface area (TPSA) is 79.5 Å². The highest BCUT2D eigenvalue weighted by Gasteiger charge is 2.21. The summed E-state index contributed by atoms with van der Waals surface area (Å²) < 4.78 is 13.4. The number of hydrogen-bond acceptors (Lipinski definition) is 5. The van der Waals surface area contributed by atoms with Crippen molar-refractivity contribution in [1.82, 2.24) is 9.13 Å². The van der Waals surface area contributed by atoms with Crippen LogP contribution in [0.5, 0.6) is 0 Å². The number of rotatable bonds is 9. The average molecular weight is 501 g/mol. The molecular formula is C30H32N2O5. The van der Waals surface area contributed by atoms with Crippen LogP contribution < -0.4 is 0 Å². The van der Waals surface area contributed by atoms with E-state index < -0.39 is 0 Å². The minimum atomic E-state index is -0.387. The van der Waals surface area contributed by atoms with Crippen molar-refractivity contribution in [3.63, 3.8) is 0 Å². The maximum absolute atomic E-state index is 11.8. The van der Waals surface area contributed by atoms with Crippen LogP contribution in [0.2, 0.25) is 0 Å². The SMILES string of the molecule is COC(=O)[C@H](Cc1ccc(C)cc1)n1cccc1.COC(=O)[C@H](Cc1ccc(C=O)cc1)n1cccc1. The van der Waals surface area contributed by atoms with E-state index in [9.17, 15) is 14.4 Å². The predicted molar refractivity (Wildman–Crippen MR) is 141 cm³/mol. The van der Waals surface area contributed by atoms with Gasteiger partial charge in [-0.25, -0.2) is 9.59 Å². The summed E-state index contributed by atoms with van der Waals surface area (Å²) >= 11 is 0. The van der Waals surface area contributed by atoms with E-state index in [4.69, 9.17) is 9.47 Å². The summed E-state index contributed by atoms with van der Waals surface area (Å²) in [5.41, 5.74) is 3.95. The Hall–Kier alpha value is -4.39. The number of aryl methyl sites for hydroxylation is 1. The van der Waals surface area contributed by atoms with Crippen molar-refractivity contribution in [3.05, 3.63) is 120 Å². The Bertz CT molecular complexity index is 1240. The molecule has 2 atom stereocenters. The third-order valence-corrected chi connectivity index (χ3v) is 6.02. The predicted octanol–water partition coefficient (Wildman–Crippen LogP) is 5.01. The summed E-state index contributed by atoms with van der Waals surface area (Å²) in [7, 11) is 2.81. The lowest BCUT2D eigenvalue weighted by Crippen LogP contribution is -2.22. The van der Waals surface area contributed by atoms with Gasteiger partial charge >= 0.3 is 11.9 Å². The normalized spacial score (nSPS) is 12.0. The molecule has 192 valence electrons. The van der Waals surface area contributed by atoms with Crippen molar-refractivity contribution in [3.8, 4) is 0 Å². The number of esters is 2. The van der Waals surface area contributed by atoms with Crippen molar-refractivity contribution < 1.29 is 23.9 Å². The van der Waals surface area contributed by atoms with E-state index in [1.165, 1.54) is 19.8 Å². The van der Waals surface area contributed by atoms with E-state index in [1.54, 1.807) is 12.1 Å². The molecule has 37 heavy (non-hydrogen) atoms. The quantitative estimate of drug-likeness (QED) is 0.238. The molecule has 0 amide bonds. The number of aromatic nitrogens is 2. The molecule has 0 aliphatic rings. The summed E-state index contributed by atoms with van der Waals surface area (Å²) in [6, 6.07) is 22.3. The van der Waals surface area contributed by atoms with Crippen LogP contribution in [0.1, 0.15) is 39.1 Å². The van der Waals surface area contributed by atoms with Gasteiger partial charge in [-0.1, -0.05) is 54.1 Å². The molecule has 0 saturated heterocycles. The molecule has 0 unspecified atom stereocenters. The van der Waals surface area contributed by atoms with Gasteiger partial charge in [-0.2, -0.15) is 0 Å². The molecule has 7 nitrogen and oxygen atoms in total. The van der Waals surface area contributed by atoms with Gasteiger partial charge in [-0.3, -0.25) is 4.79 Å². The smallest absolute Gasteiger partial charge is 0.329 e. The number of aldehydes is 1. The fourth-order valence-electron chi connectivity index (χ4n) is 3.91. The van der Waals surface area contributed by atoms with Gasteiger partial charge in [-0.15, -0.1) is 0 Å². The van der Waals surface area contributed by atoms with Crippen molar-refractivity contribution in [2.24, 2.45) is 0 Å². The highest BCUT2D eigenvalue weighted by molar-refractivity contribution is 5.76. The van der Waals surface area contributed by atoms with Crippen LogP contribution in [-0.4, -0.2) is 41.6 Å². The van der Waals surface area contributed by atoms with Gasteiger partial charge in [0, 0.05) is 43.2 Å². The maximum atomic E-state index is 11.8.